The van der Waals surface area contributed by atoms with Crippen LogP contribution in [-0.2, 0) is 6.42 Å². The van der Waals surface area contributed by atoms with Crippen LogP contribution in [0, 0.1) is 5.82 Å². The van der Waals surface area contributed by atoms with Crippen LogP contribution in [0.2, 0.25) is 0 Å². The molecule has 2 nitrogen and oxygen atoms in total. The minimum atomic E-state index is -0.254. The monoisotopic (exact) mass is 271 g/mol. The molecule has 0 aliphatic heterocycles. The third-order valence-corrected chi connectivity index (χ3v) is 3.41. The highest BCUT2D eigenvalue weighted by molar-refractivity contribution is 7.98. The largest absolute Gasteiger partial charge is 0.493 e. The maximum absolute atomic E-state index is 13.4. The first-order valence-electron chi connectivity index (χ1n) is 6.32. The molecule has 1 aromatic rings. The fraction of sp³-hybridized carbons (Fsp3) is 0.571. The van der Waals surface area contributed by atoms with Crippen molar-refractivity contribution in [1.29, 1.82) is 0 Å². The Kier molecular flexibility index (Phi) is 7.13. The summed E-state index contributed by atoms with van der Waals surface area (Å²) in [6.45, 7) is 2.66. The Morgan fingerprint density at radius 3 is 2.83 bits per heavy atom. The molecule has 0 spiro atoms. The van der Waals surface area contributed by atoms with Gasteiger partial charge >= 0.3 is 0 Å². The molecule has 102 valence electrons. The number of hydrogen-bond donors (Lipinski definition) is 1. The summed E-state index contributed by atoms with van der Waals surface area (Å²) in [7, 11) is 0. The van der Waals surface area contributed by atoms with Crippen LogP contribution >= 0.6 is 11.8 Å². The predicted molar refractivity (Wildman–Crippen MR) is 76.9 cm³/mol. The Labute approximate surface area is 113 Å². The van der Waals surface area contributed by atoms with Crippen molar-refractivity contribution in [3.8, 4) is 5.75 Å². The van der Waals surface area contributed by atoms with Crippen LogP contribution in [0.3, 0.4) is 0 Å². The van der Waals surface area contributed by atoms with Crippen molar-refractivity contribution in [1.82, 2.24) is 0 Å². The van der Waals surface area contributed by atoms with E-state index in [-0.39, 0.29) is 11.9 Å². The standard InChI is InChI=1S/C14H22FNOS/c1-3-13(16)8-11-7-12(15)10-14(9-11)17-5-4-6-18-2/h7,9-10,13H,3-6,8,16H2,1-2H3. The number of nitrogens with two attached hydrogens (primary N) is 1. The minimum Gasteiger partial charge on any atom is -0.493 e. The van der Waals surface area contributed by atoms with Crippen molar-refractivity contribution in [2.45, 2.75) is 32.2 Å². The van der Waals surface area contributed by atoms with E-state index in [9.17, 15) is 4.39 Å². The van der Waals surface area contributed by atoms with Crippen molar-refractivity contribution in [3.63, 3.8) is 0 Å². The molecule has 0 bridgehead atoms. The molecule has 0 fully saturated rings. The molecule has 0 amide bonds. The van der Waals surface area contributed by atoms with Crippen LogP contribution < -0.4 is 10.5 Å². The highest BCUT2D eigenvalue weighted by Crippen LogP contribution is 2.18. The maximum Gasteiger partial charge on any atom is 0.127 e. The number of benzene rings is 1. The van der Waals surface area contributed by atoms with Gasteiger partial charge in [0, 0.05) is 12.1 Å². The number of halogens is 1. The SMILES string of the molecule is CCC(N)Cc1cc(F)cc(OCCCSC)c1. The van der Waals surface area contributed by atoms with Crippen molar-refractivity contribution >= 4 is 11.8 Å². The van der Waals surface area contributed by atoms with E-state index in [4.69, 9.17) is 10.5 Å². The van der Waals surface area contributed by atoms with Crippen LogP contribution in [0.4, 0.5) is 4.39 Å². The zero-order chi connectivity index (χ0) is 13.4. The van der Waals surface area contributed by atoms with Gasteiger partial charge in [0.2, 0.25) is 0 Å². The molecule has 1 atom stereocenters. The summed E-state index contributed by atoms with van der Waals surface area (Å²) in [5.41, 5.74) is 6.79. The summed E-state index contributed by atoms with van der Waals surface area (Å²) >= 11 is 1.78. The third kappa shape index (κ3) is 5.74. The van der Waals surface area contributed by atoms with Gasteiger partial charge in [-0.3, -0.25) is 0 Å². The molecule has 0 aliphatic rings. The fourth-order valence-electron chi connectivity index (χ4n) is 1.66. The number of thioether (sulfide) groups is 1. The van der Waals surface area contributed by atoms with E-state index in [2.05, 4.69) is 6.26 Å². The molecule has 0 saturated heterocycles. The molecule has 0 aliphatic carbocycles. The molecule has 0 aromatic heterocycles. The van der Waals surface area contributed by atoms with Crippen LogP contribution in [0.1, 0.15) is 25.3 Å². The summed E-state index contributed by atoms with van der Waals surface area (Å²) in [4.78, 5) is 0. The highest BCUT2D eigenvalue weighted by atomic mass is 32.2. The molecule has 2 N–H and O–H groups in total. The van der Waals surface area contributed by atoms with Crippen molar-refractivity contribution in [2.75, 3.05) is 18.6 Å². The van der Waals surface area contributed by atoms with Crippen molar-refractivity contribution in [2.24, 2.45) is 5.73 Å². The minimum absolute atomic E-state index is 0.0798. The Hall–Kier alpha value is -0.740. The van der Waals surface area contributed by atoms with Gasteiger partial charge in [0.25, 0.3) is 0 Å². The molecule has 0 saturated carbocycles. The topological polar surface area (TPSA) is 35.2 Å². The van der Waals surface area contributed by atoms with E-state index in [0.717, 1.165) is 24.2 Å². The van der Waals surface area contributed by atoms with E-state index >= 15 is 0 Å². The van der Waals surface area contributed by atoms with Gasteiger partial charge in [0.1, 0.15) is 11.6 Å². The first-order valence-corrected chi connectivity index (χ1v) is 7.72. The number of ether oxygens (including phenoxy) is 1. The summed E-state index contributed by atoms with van der Waals surface area (Å²) in [5.74, 6) is 1.41. The molecular weight excluding hydrogens is 249 g/mol. The lowest BCUT2D eigenvalue weighted by Crippen LogP contribution is -2.21. The van der Waals surface area contributed by atoms with E-state index in [1.807, 2.05) is 13.0 Å². The quantitative estimate of drug-likeness (QED) is 0.737. The Bertz CT molecular complexity index is 360. The summed E-state index contributed by atoms with van der Waals surface area (Å²) in [6.07, 6.45) is 4.61. The van der Waals surface area contributed by atoms with Crippen molar-refractivity contribution < 1.29 is 9.13 Å². The van der Waals surface area contributed by atoms with Crippen LogP contribution in [-0.4, -0.2) is 24.7 Å². The first-order chi connectivity index (χ1) is 8.65. The smallest absolute Gasteiger partial charge is 0.127 e. The van der Waals surface area contributed by atoms with Gasteiger partial charge < -0.3 is 10.5 Å². The number of rotatable bonds is 8. The van der Waals surface area contributed by atoms with E-state index in [1.54, 1.807) is 11.8 Å². The lowest BCUT2D eigenvalue weighted by molar-refractivity contribution is 0.316. The average Bonchev–Trinajstić information content (AvgIpc) is 2.34. The van der Waals surface area contributed by atoms with Crippen LogP contribution in [0.5, 0.6) is 5.75 Å². The zero-order valence-corrected chi connectivity index (χ0v) is 11.9. The second kappa shape index (κ2) is 8.38. The lowest BCUT2D eigenvalue weighted by Gasteiger charge is -2.11. The van der Waals surface area contributed by atoms with E-state index < -0.39 is 0 Å². The zero-order valence-electron chi connectivity index (χ0n) is 11.1. The molecule has 18 heavy (non-hydrogen) atoms. The molecule has 4 heteroatoms. The second-order valence-corrected chi connectivity index (χ2v) is 5.35. The maximum atomic E-state index is 13.4. The van der Waals surface area contributed by atoms with Crippen LogP contribution in [0.15, 0.2) is 18.2 Å². The average molecular weight is 271 g/mol. The molecule has 0 heterocycles. The van der Waals surface area contributed by atoms with Gasteiger partial charge in [0.15, 0.2) is 0 Å². The van der Waals surface area contributed by atoms with Gasteiger partial charge in [0.05, 0.1) is 6.61 Å². The van der Waals surface area contributed by atoms with E-state index in [1.165, 1.54) is 12.1 Å². The summed E-state index contributed by atoms with van der Waals surface area (Å²) < 4.78 is 19.0. The molecular formula is C14H22FNOS. The molecule has 1 rings (SSSR count). The fourth-order valence-corrected chi connectivity index (χ4v) is 2.07. The predicted octanol–water partition coefficient (Wildman–Crippen LogP) is 3.24. The van der Waals surface area contributed by atoms with Gasteiger partial charge in [-0.2, -0.15) is 11.8 Å². The molecule has 1 unspecified atom stereocenters. The summed E-state index contributed by atoms with van der Waals surface area (Å²) in [6, 6.07) is 4.93. The third-order valence-electron chi connectivity index (χ3n) is 2.71. The first kappa shape index (κ1) is 15.3. The summed E-state index contributed by atoms with van der Waals surface area (Å²) in [5, 5.41) is 0. The Balaban J connectivity index is 2.57. The highest BCUT2D eigenvalue weighted by Gasteiger charge is 2.06. The Morgan fingerprint density at radius 2 is 2.17 bits per heavy atom. The molecule has 1 aromatic carbocycles. The normalized spacial score (nSPS) is 12.4. The van der Waals surface area contributed by atoms with Gasteiger partial charge in [-0.15, -0.1) is 0 Å². The second-order valence-electron chi connectivity index (χ2n) is 4.36. The van der Waals surface area contributed by atoms with Gasteiger partial charge in [-0.1, -0.05) is 6.92 Å². The van der Waals surface area contributed by atoms with Gasteiger partial charge in [-0.05, 0) is 49.0 Å². The van der Waals surface area contributed by atoms with E-state index in [0.29, 0.717) is 18.8 Å². The van der Waals surface area contributed by atoms with Gasteiger partial charge in [-0.25, -0.2) is 4.39 Å². The molecule has 0 radical (unpaired) electrons. The van der Waals surface area contributed by atoms with Crippen molar-refractivity contribution in [3.05, 3.63) is 29.6 Å². The lowest BCUT2D eigenvalue weighted by atomic mass is 10.0. The number of hydrogen-bond acceptors (Lipinski definition) is 3. The Morgan fingerprint density at radius 1 is 1.39 bits per heavy atom. The van der Waals surface area contributed by atoms with Crippen LogP contribution in [0.25, 0.3) is 0 Å².